The van der Waals surface area contributed by atoms with Crippen molar-refractivity contribution in [3.63, 3.8) is 0 Å². The number of nitrogens with one attached hydrogen (secondary N) is 1. The third kappa shape index (κ3) is 1.83. The Bertz CT molecular complexity index is 769. The normalized spacial score (nSPS) is 11.2. The summed E-state index contributed by atoms with van der Waals surface area (Å²) in [6.45, 7) is 0.503. The van der Waals surface area contributed by atoms with Gasteiger partial charge in [0.05, 0.1) is 22.6 Å². The average Bonchev–Trinajstić information content (AvgIpc) is 2.85. The molecule has 3 aromatic rings. The van der Waals surface area contributed by atoms with E-state index in [1.165, 1.54) is 0 Å². The molecule has 18 heavy (non-hydrogen) atoms. The van der Waals surface area contributed by atoms with Gasteiger partial charge in [0.25, 0.3) is 0 Å². The smallest absolute Gasteiger partial charge is 0.178 e. The number of fused-ring (bicyclic) bond motifs is 1. The van der Waals surface area contributed by atoms with Gasteiger partial charge in [-0.25, -0.2) is 4.98 Å². The van der Waals surface area contributed by atoms with Crippen molar-refractivity contribution in [1.29, 1.82) is 0 Å². The molecule has 0 aliphatic heterocycles. The first-order chi connectivity index (χ1) is 8.65. The fourth-order valence-electron chi connectivity index (χ4n) is 1.92. The van der Waals surface area contributed by atoms with Crippen molar-refractivity contribution in [3.8, 4) is 0 Å². The zero-order valence-electron chi connectivity index (χ0n) is 9.59. The Morgan fingerprint density at radius 1 is 1.44 bits per heavy atom. The van der Waals surface area contributed by atoms with Crippen LogP contribution in [0.15, 0.2) is 24.5 Å². The van der Waals surface area contributed by atoms with Crippen molar-refractivity contribution in [2.24, 2.45) is 7.05 Å². The minimum absolute atomic E-state index is 0.503. The number of benzene rings is 1. The highest BCUT2D eigenvalue weighted by molar-refractivity contribution is 7.71. The molecule has 1 N–H and O–H groups in total. The quantitative estimate of drug-likeness (QED) is 0.734. The van der Waals surface area contributed by atoms with E-state index in [0.717, 1.165) is 11.0 Å². The van der Waals surface area contributed by atoms with Crippen LogP contribution in [0.4, 0.5) is 0 Å². The van der Waals surface area contributed by atoms with Crippen LogP contribution >= 0.6 is 23.8 Å². The molecule has 5 nitrogen and oxygen atoms in total. The maximum atomic E-state index is 6.21. The highest BCUT2D eigenvalue weighted by atomic mass is 35.5. The van der Waals surface area contributed by atoms with E-state index in [2.05, 4.69) is 15.1 Å². The van der Waals surface area contributed by atoms with Crippen molar-refractivity contribution in [1.82, 2.24) is 24.3 Å². The Morgan fingerprint density at radius 3 is 3.00 bits per heavy atom. The summed E-state index contributed by atoms with van der Waals surface area (Å²) in [6, 6.07) is 5.67. The number of aryl methyl sites for hydroxylation is 1. The molecule has 0 aliphatic carbocycles. The maximum absolute atomic E-state index is 6.21. The minimum atomic E-state index is 0.503. The lowest BCUT2D eigenvalue weighted by Crippen LogP contribution is -2.02. The number of halogens is 1. The Hall–Kier alpha value is -1.66. The molecule has 0 saturated carbocycles. The fourth-order valence-corrected chi connectivity index (χ4v) is 2.47. The highest BCUT2D eigenvalue weighted by Crippen LogP contribution is 2.23. The predicted octanol–water partition coefficient (Wildman–Crippen LogP) is 2.53. The lowest BCUT2D eigenvalue weighted by molar-refractivity contribution is 0.707. The topological polar surface area (TPSA) is 51.4 Å². The van der Waals surface area contributed by atoms with Gasteiger partial charge >= 0.3 is 0 Å². The number of aromatic nitrogens is 5. The number of nitrogens with zero attached hydrogens (tertiary/aromatic N) is 4. The minimum Gasteiger partial charge on any atom is -0.331 e. The van der Waals surface area contributed by atoms with Gasteiger partial charge in [0, 0.05) is 7.05 Å². The van der Waals surface area contributed by atoms with E-state index >= 15 is 0 Å². The van der Waals surface area contributed by atoms with E-state index in [0.29, 0.717) is 22.2 Å². The van der Waals surface area contributed by atoms with Gasteiger partial charge < -0.3 is 9.55 Å². The molecule has 0 bridgehead atoms. The van der Waals surface area contributed by atoms with E-state index < -0.39 is 0 Å². The number of imidazole rings is 1. The van der Waals surface area contributed by atoms with E-state index in [9.17, 15) is 0 Å². The second-order valence-corrected chi connectivity index (χ2v) is 4.78. The second kappa shape index (κ2) is 4.22. The lowest BCUT2D eigenvalue weighted by Gasteiger charge is -2.02. The van der Waals surface area contributed by atoms with Gasteiger partial charge in [-0.05, 0) is 24.4 Å². The summed E-state index contributed by atoms with van der Waals surface area (Å²) in [6.07, 6.45) is 1.66. The number of H-pyrrole nitrogens is 1. The predicted molar refractivity (Wildman–Crippen MR) is 72.2 cm³/mol. The van der Waals surface area contributed by atoms with Crippen LogP contribution in [0.25, 0.3) is 11.0 Å². The van der Waals surface area contributed by atoms with Crippen molar-refractivity contribution in [2.45, 2.75) is 6.54 Å². The summed E-state index contributed by atoms with van der Waals surface area (Å²) in [5.41, 5.74) is 1.81. The standard InChI is InChI=1S/C11H10ClN5S/c1-16-6-13-9(15-16)5-17-10-7(12)3-2-4-8(10)14-11(17)18/h2-4,6H,5H2,1H3,(H,14,18). The van der Waals surface area contributed by atoms with Gasteiger partial charge in [0.15, 0.2) is 10.6 Å². The molecule has 1 aromatic carbocycles. The van der Waals surface area contributed by atoms with Crippen LogP contribution < -0.4 is 0 Å². The molecular formula is C11H10ClN5S. The number of hydrogen-bond acceptors (Lipinski definition) is 3. The molecule has 0 saturated heterocycles. The number of para-hydroxylation sites is 1. The summed E-state index contributed by atoms with van der Waals surface area (Å²) >= 11 is 11.5. The monoisotopic (exact) mass is 279 g/mol. The molecule has 0 radical (unpaired) electrons. The Morgan fingerprint density at radius 2 is 2.28 bits per heavy atom. The molecule has 0 spiro atoms. The van der Waals surface area contributed by atoms with Crippen LogP contribution in [-0.4, -0.2) is 24.3 Å². The van der Waals surface area contributed by atoms with Gasteiger partial charge in [0.1, 0.15) is 6.33 Å². The van der Waals surface area contributed by atoms with E-state index in [4.69, 9.17) is 23.8 Å². The summed E-state index contributed by atoms with van der Waals surface area (Å²) < 4.78 is 4.18. The molecule has 3 rings (SSSR count). The zero-order valence-corrected chi connectivity index (χ0v) is 11.2. The van der Waals surface area contributed by atoms with Gasteiger partial charge in [-0.2, -0.15) is 5.10 Å². The molecule has 7 heteroatoms. The molecule has 0 amide bonds. The maximum Gasteiger partial charge on any atom is 0.178 e. The third-order valence-electron chi connectivity index (χ3n) is 2.69. The van der Waals surface area contributed by atoms with E-state index in [1.807, 2.05) is 29.8 Å². The zero-order chi connectivity index (χ0) is 12.7. The van der Waals surface area contributed by atoms with Crippen molar-refractivity contribution >= 4 is 34.9 Å². The molecule has 2 heterocycles. The third-order valence-corrected chi connectivity index (χ3v) is 3.32. The lowest BCUT2D eigenvalue weighted by atomic mass is 10.3. The SMILES string of the molecule is Cn1cnc(Cn2c(=S)[nH]c3cccc(Cl)c32)n1. The summed E-state index contributed by atoms with van der Waals surface area (Å²) in [7, 11) is 1.83. The van der Waals surface area contributed by atoms with Gasteiger partial charge in [-0.15, -0.1) is 0 Å². The van der Waals surface area contributed by atoms with Gasteiger partial charge in [0.2, 0.25) is 0 Å². The van der Waals surface area contributed by atoms with Crippen LogP contribution in [0.1, 0.15) is 5.82 Å². The summed E-state index contributed by atoms with van der Waals surface area (Å²) in [5.74, 6) is 0.703. The van der Waals surface area contributed by atoms with Crippen molar-refractivity contribution in [2.75, 3.05) is 0 Å². The molecule has 2 aromatic heterocycles. The first-order valence-corrected chi connectivity index (χ1v) is 6.15. The van der Waals surface area contributed by atoms with E-state index in [-0.39, 0.29) is 0 Å². The fraction of sp³-hybridized carbons (Fsp3) is 0.182. The van der Waals surface area contributed by atoms with Crippen molar-refractivity contribution < 1.29 is 0 Å². The first-order valence-electron chi connectivity index (χ1n) is 5.36. The first kappa shape index (κ1) is 11.4. The molecule has 92 valence electrons. The average molecular weight is 280 g/mol. The van der Waals surface area contributed by atoms with Crippen LogP contribution in [0, 0.1) is 4.77 Å². The molecule has 0 aliphatic rings. The van der Waals surface area contributed by atoms with Crippen LogP contribution in [0.5, 0.6) is 0 Å². The summed E-state index contributed by atoms with van der Waals surface area (Å²) in [5, 5.41) is 4.91. The van der Waals surface area contributed by atoms with Gasteiger partial charge in [-0.3, -0.25) is 4.68 Å². The number of aromatic amines is 1. The largest absolute Gasteiger partial charge is 0.331 e. The highest BCUT2D eigenvalue weighted by Gasteiger charge is 2.10. The molecule has 0 atom stereocenters. The van der Waals surface area contributed by atoms with Crippen molar-refractivity contribution in [3.05, 3.63) is 40.1 Å². The van der Waals surface area contributed by atoms with Crippen LogP contribution in [-0.2, 0) is 13.6 Å². The van der Waals surface area contributed by atoms with Crippen LogP contribution in [0.3, 0.4) is 0 Å². The second-order valence-electron chi connectivity index (χ2n) is 3.99. The summed E-state index contributed by atoms with van der Waals surface area (Å²) in [4.78, 5) is 7.32. The number of rotatable bonds is 2. The Balaban J connectivity index is 2.16. The number of hydrogen-bond donors (Lipinski definition) is 1. The Labute approximate surface area is 113 Å². The van der Waals surface area contributed by atoms with Gasteiger partial charge in [-0.1, -0.05) is 17.7 Å². The molecular weight excluding hydrogens is 270 g/mol. The molecule has 0 fully saturated rings. The van der Waals surface area contributed by atoms with E-state index in [1.54, 1.807) is 11.0 Å². The van der Waals surface area contributed by atoms with Crippen LogP contribution in [0.2, 0.25) is 5.02 Å². The Kier molecular flexibility index (Phi) is 2.68. The molecule has 0 unspecified atom stereocenters.